The molecule has 2 aromatic rings. The van der Waals surface area contributed by atoms with Crippen LogP contribution in [0.4, 0.5) is 4.39 Å². The number of ketones is 1. The average molecular weight is 357 g/mol. The first-order chi connectivity index (χ1) is 12.5. The van der Waals surface area contributed by atoms with Gasteiger partial charge in [-0.15, -0.1) is 0 Å². The summed E-state index contributed by atoms with van der Waals surface area (Å²) in [5, 5.41) is 7.19. The van der Waals surface area contributed by atoms with Crippen LogP contribution in [0.15, 0.2) is 30.5 Å². The van der Waals surface area contributed by atoms with Crippen molar-refractivity contribution in [3.8, 4) is 11.1 Å². The van der Waals surface area contributed by atoms with E-state index in [4.69, 9.17) is 0 Å². The second-order valence-electron chi connectivity index (χ2n) is 7.32. The highest BCUT2D eigenvalue weighted by atomic mass is 19.1. The van der Waals surface area contributed by atoms with Crippen molar-refractivity contribution in [1.29, 1.82) is 0 Å². The van der Waals surface area contributed by atoms with Gasteiger partial charge in [-0.1, -0.05) is 26.0 Å². The number of halogens is 1. The van der Waals surface area contributed by atoms with Crippen molar-refractivity contribution in [1.82, 2.24) is 15.1 Å². The summed E-state index contributed by atoms with van der Waals surface area (Å²) in [7, 11) is 0. The molecule has 5 nitrogen and oxygen atoms in total. The molecule has 0 radical (unpaired) electrons. The molecule has 1 saturated heterocycles. The number of H-pyrrole nitrogens is 1. The molecule has 6 heteroatoms. The number of carbonyl (C=O) groups is 2. The molecule has 0 aliphatic carbocycles. The molecule has 1 aromatic heterocycles. The smallest absolute Gasteiger partial charge is 0.289 e. The van der Waals surface area contributed by atoms with Crippen molar-refractivity contribution in [2.75, 3.05) is 13.1 Å². The van der Waals surface area contributed by atoms with E-state index in [1.54, 1.807) is 23.2 Å². The van der Waals surface area contributed by atoms with E-state index >= 15 is 0 Å². The molecule has 138 valence electrons. The molecule has 0 bridgehead atoms. The second kappa shape index (κ2) is 7.81. The minimum absolute atomic E-state index is 0.0853. The topological polar surface area (TPSA) is 66.1 Å². The van der Waals surface area contributed by atoms with E-state index in [1.807, 2.05) is 13.8 Å². The summed E-state index contributed by atoms with van der Waals surface area (Å²) >= 11 is 0. The first kappa shape index (κ1) is 18.3. The Morgan fingerprint density at radius 3 is 2.73 bits per heavy atom. The summed E-state index contributed by atoms with van der Waals surface area (Å²) in [5.74, 6) is -0.723. The quantitative estimate of drug-likeness (QED) is 0.833. The van der Waals surface area contributed by atoms with Crippen LogP contribution in [-0.4, -0.2) is 39.9 Å². The highest BCUT2D eigenvalue weighted by Gasteiger charge is 2.30. The molecule has 1 fully saturated rings. The zero-order valence-corrected chi connectivity index (χ0v) is 15.2. The summed E-state index contributed by atoms with van der Waals surface area (Å²) in [4.78, 5) is 26.2. The molecule has 2 heterocycles. The standard InChI is InChI=1S/C20H24FN3O2/c1-13(2)10-18(25)20(26)24-9-3-4-15(12-24)19-17(11-22-23-19)14-5-7-16(21)8-6-14/h5-8,11,13,15H,3-4,9-10,12H2,1-2H3,(H,22,23)/t15-/m1/s1. The number of piperidine rings is 1. The maximum absolute atomic E-state index is 13.2. The predicted molar refractivity (Wildman–Crippen MR) is 97.0 cm³/mol. The molecular weight excluding hydrogens is 333 g/mol. The van der Waals surface area contributed by atoms with Crippen molar-refractivity contribution in [3.63, 3.8) is 0 Å². The van der Waals surface area contributed by atoms with Crippen LogP contribution in [0.3, 0.4) is 0 Å². The lowest BCUT2D eigenvalue weighted by Crippen LogP contribution is -2.43. The molecular formula is C20H24FN3O2. The number of benzene rings is 1. The van der Waals surface area contributed by atoms with Gasteiger partial charge in [0.1, 0.15) is 5.82 Å². The Morgan fingerprint density at radius 2 is 2.04 bits per heavy atom. The number of amides is 1. The van der Waals surface area contributed by atoms with Gasteiger partial charge in [-0.25, -0.2) is 4.39 Å². The zero-order valence-electron chi connectivity index (χ0n) is 15.2. The number of Topliss-reactive ketones (excluding diaryl/α,β-unsaturated/α-hetero) is 1. The van der Waals surface area contributed by atoms with Crippen molar-refractivity contribution >= 4 is 11.7 Å². The summed E-state index contributed by atoms with van der Waals surface area (Å²) < 4.78 is 13.2. The van der Waals surface area contributed by atoms with Crippen LogP contribution < -0.4 is 0 Å². The van der Waals surface area contributed by atoms with Gasteiger partial charge < -0.3 is 4.90 Å². The number of hydrogen-bond donors (Lipinski definition) is 1. The Hall–Kier alpha value is -2.50. The average Bonchev–Trinajstić information content (AvgIpc) is 3.11. The van der Waals surface area contributed by atoms with E-state index in [1.165, 1.54) is 12.1 Å². The van der Waals surface area contributed by atoms with Crippen LogP contribution in [0.25, 0.3) is 11.1 Å². The van der Waals surface area contributed by atoms with Gasteiger partial charge in [0.05, 0.1) is 6.20 Å². The largest absolute Gasteiger partial charge is 0.335 e. The van der Waals surface area contributed by atoms with E-state index in [2.05, 4.69) is 10.2 Å². The number of rotatable bonds is 5. The third-order valence-corrected chi connectivity index (χ3v) is 4.77. The van der Waals surface area contributed by atoms with Crippen molar-refractivity contribution < 1.29 is 14.0 Å². The van der Waals surface area contributed by atoms with Crippen molar-refractivity contribution in [2.24, 2.45) is 5.92 Å². The fourth-order valence-corrected chi connectivity index (χ4v) is 3.50. The molecule has 0 spiro atoms. The van der Waals surface area contributed by atoms with Crippen molar-refractivity contribution in [3.05, 3.63) is 42.0 Å². The van der Waals surface area contributed by atoms with Gasteiger partial charge >= 0.3 is 0 Å². The lowest BCUT2D eigenvalue weighted by molar-refractivity contribution is -0.145. The molecule has 3 rings (SSSR count). The van der Waals surface area contributed by atoms with E-state index in [9.17, 15) is 14.0 Å². The Balaban J connectivity index is 1.76. The second-order valence-corrected chi connectivity index (χ2v) is 7.32. The van der Waals surface area contributed by atoms with Gasteiger partial charge in [0, 0.05) is 36.7 Å². The minimum atomic E-state index is -0.383. The lowest BCUT2D eigenvalue weighted by atomic mass is 9.90. The van der Waals surface area contributed by atoms with E-state index in [0.29, 0.717) is 13.1 Å². The van der Waals surface area contributed by atoms with Gasteiger partial charge in [0.2, 0.25) is 5.78 Å². The Bertz CT molecular complexity index is 783. The fourth-order valence-electron chi connectivity index (χ4n) is 3.50. The van der Waals surface area contributed by atoms with E-state index in [0.717, 1.165) is 29.7 Å². The molecule has 1 aromatic carbocycles. The highest BCUT2D eigenvalue weighted by Crippen LogP contribution is 2.33. The van der Waals surface area contributed by atoms with Crippen LogP contribution in [0, 0.1) is 11.7 Å². The van der Waals surface area contributed by atoms with E-state index < -0.39 is 0 Å². The number of carbonyl (C=O) groups excluding carboxylic acids is 2. The molecule has 26 heavy (non-hydrogen) atoms. The minimum Gasteiger partial charge on any atom is -0.335 e. The van der Waals surface area contributed by atoms with Gasteiger partial charge in [0.15, 0.2) is 0 Å². The van der Waals surface area contributed by atoms with Crippen LogP contribution in [-0.2, 0) is 9.59 Å². The molecule has 1 atom stereocenters. The van der Waals surface area contributed by atoms with Gasteiger partial charge in [-0.2, -0.15) is 5.10 Å². The molecule has 1 aliphatic heterocycles. The number of aromatic nitrogens is 2. The molecule has 1 N–H and O–H groups in total. The molecule has 0 unspecified atom stereocenters. The predicted octanol–water partition coefficient (Wildman–Crippen LogP) is 3.54. The number of nitrogens with zero attached hydrogens (tertiary/aromatic N) is 2. The van der Waals surface area contributed by atoms with Crippen molar-refractivity contribution in [2.45, 2.75) is 39.0 Å². The third kappa shape index (κ3) is 4.00. The maximum Gasteiger partial charge on any atom is 0.289 e. The highest BCUT2D eigenvalue weighted by molar-refractivity contribution is 6.36. The van der Waals surface area contributed by atoms with E-state index in [-0.39, 0.29) is 35.8 Å². The SMILES string of the molecule is CC(C)CC(=O)C(=O)N1CCC[C@@H](c2[nH]ncc2-c2ccc(F)cc2)C1. The van der Waals surface area contributed by atoms with Crippen LogP contribution in [0.5, 0.6) is 0 Å². The Kier molecular flexibility index (Phi) is 5.49. The summed E-state index contributed by atoms with van der Waals surface area (Å²) in [6.07, 6.45) is 3.77. The zero-order chi connectivity index (χ0) is 18.7. The summed E-state index contributed by atoms with van der Waals surface area (Å²) in [6.45, 7) is 4.98. The van der Waals surface area contributed by atoms with Gasteiger partial charge in [-0.3, -0.25) is 14.7 Å². The van der Waals surface area contributed by atoms with Crippen LogP contribution in [0.2, 0.25) is 0 Å². The van der Waals surface area contributed by atoms with Crippen LogP contribution >= 0.6 is 0 Å². The first-order valence-electron chi connectivity index (χ1n) is 9.07. The number of likely N-dealkylation sites (tertiary alicyclic amines) is 1. The number of hydrogen-bond acceptors (Lipinski definition) is 3. The molecule has 0 saturated carbocycles. The number of aromatic amines is 1. The molecule has 1 aliphatic rings. The summed E-state index contributed by atoms with van der Waals surface area (Å²) in [5.41, 5.74) is 2.73. The lowest BCUT2D eigenvalue weighted by Gasteiger charge is -2.32. The Labute approximate surface area is 152 Å². The Morgan fingerprint density at radius 1 is 1.31 bits per heavy atom. The monoisotopic (exact) mass is 357 g/mol. The summed E-state index contributed by atoms with van der Waals surface area (Å²) in [6, 6.07) is 6.30. The maximum atomic E-state index is 13.2. The molecule has 1 amide bonds. The third-order valence-electron chi connectivity index (χ3n) is 4.77. The van der Waals surface area contributed by atoms with Gasteiger partial charge in [-0.05, 0) is 36.5 Å². The first-order valence-corrected chi connectivity index (χ1v) is 9.07. The van der Waals surface area contributed by atoms with Gasteiger partial charge in [0.25, 0.3) is 5.91 Å². The number of nitrogens with one attached hydrogen (secondary N) is 1. The van der Waals surface area contributed by atoms with Crippen LogP contribution in [0.1, 0.15) is 44.7 Å². The normalized spacial score (nSPS) is 17.5. The fraction of sp³-hybridized carbons (Fsp3) is 0.450.